The zero-order valence-corrected chi connectivity index (χ0v) is 11.6. The molecule has 4 heteroatoms. The van der Waals surface area contributed by atoms with Crippen LogP contribution in [0.4, 0.5) is 4.39 Å². The lowest BCUT2D eigenvalue weighted by Gasteiger charge is -1.99. The summed E-state index contributed by atoms with van der Waals surface area (Å²) in [5.74, 6) is -0.299. The fourth-order valence-electron chi connectivity index (χ4n) is 1.73. The number of nitriles is 1. The largest absolute Gasteiger partial charge is 0.206 e. The molecule has 3 nitrogen and oxygen atoms in total. The summed E-state index contributed by atoms with van der Waals surface area (Å²) in [5, 5.41) is 16.4. The number of halogens is 1. The zero-order valence-electron chi connectivity index (χ0n) is 11.6. The number of benzene rings is 2. The van der Waals surface area contributed by atoms with Gasteiger partial charge < -0.3 is 0 Å². The Bertz CT molecular complexity index is 710. The molecule has 0 fully saturated rings. The van der Waals surface area contributed by atoms with Crippen molar-refractivity contribution in [2.45, 2.75) is 13.3 Å². The number of hydrogen-bond acceptors (Lipinski definition) is 3. The van der Waals surface area contributed by atoms with Crippen LogP contribution in [0.15, 0.2) is 52.7 Å². The van der Waals surface area contributed by atoms with Crippen molar-refractivity contribution in [3.63, 3.8) is 0 Å². The minimum Gasteiger partial charge on any atom is -0.206 e. The molecule has 0 aliphatic heterocycles. The van der Waals surface area contributed by atoms with Gasteiger partial charge in [-0.05, 0) is 35.7 Å². The van der Waals surface area contributed by atoms with Gasteiger partial charge in [-0.25, -0.2) is 4.39 Å². The predicted molar refractivity (Wildman–Crippen MR) is 82.1 cm³/mol. The van der Waals surface area contributed by atoms with Crippen LogP contribution in [0.2, 0.25) is 0 Å². The summed E-state index contributed by atoms with van der Waals surface area (Å²) in [6.45, 7) is 1.98. The molecule has 0 amide bonds. The van der Waals surface area contributed by atoms with E-state index in [-0.39, 0.29) is 5.82 Å². The summed E-state index contributed by atoms with van der Waals surface area (Å²) in [6, 6.07) is 14.1. The van der Waals surface area contributed by atoms with Crippen LogP contribution in [-0.2, 0) is 6.42 Å². The van der Waals surface area contributed by atoms with Crippen LogP contribution in [0.25, 0.3) is 0 Å². The van der Waals surface area contributed by atoms with Gasteiger partial charge in [0.25, 0.3) is 0 Å². The van der Waals surface area contributed by atoms with Crippen molar-refractivity contribution in [3.8, 4) is 6.07 Å². The van der Waals surface area contributed by atoms with E-state index in [0.717, 1.165) is 17.5 Å². The van der Waals surface area contributed by atoms with E-state index in [9.17, 15) is 4.39 Å². The molecule has 0 atom stereocenters. The van der Waals surface area contributed by atoms with E-state index in [1.807, 2.05) is 19.1 Å². The lowest BCUT2D eigenvalue weighted by atomic mass is 10.1. The Labute approximate surface area is 123 Å². The molecular formula is C17H14FN3. The zero-order chi connectivity index (χ0) is 15.1. The molecule has 0 aliphatic rings. The van der Waals surface area contributed by atoms with Crippen molar-refractivity contribution in [1.82, 2.24) is 0 Å². The molecule has 0 unspecified atom stereocenters. The Balaban J connectivity index is 2.04. The van der Waals surface area contributed by atoms with Crippen LogP contribution in [0.3, 0.4) is 0 Å². The SMILES string of the molecule is CCc1ccc(/C=N/N=C/c2ccc(C#N)cc2)c(F)c1. The summed E-state index contributed by atoms with van der Waals surface area (Å²) in [6.07, 6.45) is 3.73. The van der Waals surface area contributed by atoms with Crippen LogP contribution in [-0.4, -0.2) is 12.4 Å². The molecule has 2 aromatic rings. The molecule has 0 saturated carbocycles. The first-order valence-corrected chi connectivity index (χ1v) is 6.58. The maximum Gasteiger partial charge on any atom is 0.132 e. The molecule has 0 heterocycles. The van der Waals surface area contributed by atoms with Gasteiger partial charge in [-0.15, -0.1) is 0 Å². The lowest BCUT2D eigenvalue weighted by Crippen LogP contribution is -1.90. The van der Waals surface area contributed by atoms with Gasteiger partial charge in [-0.2, -0.15) is 15.5 Å². The summed E-state index contributed by atoms with van der Waals surface area (Å²) in [5.41, 5.74) is 2.77. The predicted octanol–water partition coefficient (Wildman–Crippen LogP) is 3.71. The van der Waals surface area contributed by atoms with Gasteiger partial charge in [0, 0.05) is 5.56 Å². The molecule has 21 heavy (non-hydrogen) atoms. The van der Waals surface area contributed by atoms with Gasteiger partial charge in [0.15, 0.2) is 0 Å². The summed E-state index contributed by atoms with van der Waals surface area (Å²) < 4.78 is 13.7. The smallest absolute Gasteiger partial charge is 0.132 e. The first kappa shape index (κ1) is 14.6. The maximum atomic E-state index is 13.7. The highest BCUT2D eigenvalue weighted by atomic mass is 19.1. The van der Waals surface area contributed by atoms with E-state index in [4.69, 9.17) is 5.26 Å². The van der Waals surface area contributed by atoms with E-state index in [1.165, 1.54) is 12.3 Å². The number of nitrogens with zero attached hydrogens (tertiary/aromatic N) is 3. The molecule has 0 N–H and O–H groups in total. The molecular weight excluding hydrogens is 265 g/mol. The quantitative estimate of drug-likeness (QED) is 0.621. The molecule has 2 rings (SSSR count). The maximum absolute atomic E-state index is 13.7. The van der Waals surface area contributed by atoms with E-state index >= 15 is 0 Å². The second kappa shape index (κ2) is 7.11. The van der Waals surface area contributed by atoms with Gasteiger partial charge in [0.05, 0.1) is 24.1 Å². The molecule has 2 aromatic carbocycles. The molecule has 0 spiro atoms. The van der Waals surface area contributed by atoms with Gasteiger partial charge in [0.1, 0.15) is 5.82 Å². The van der Waals surface area contributed by atoms with Crippen molar-refractivity contribution in [3.05, 3.63) is 70.5 Å². The normalized spacial score (nSPS) is 11.1. The topological polar surface area (TPSA) is 48.5 Å². The van der Waals surface area contributed by atoms with Gasteiger partial charge >= 0.3 is 0 Å². The number of rotatable bonds is 4. The van der Waals surface area contributed by atoms with Crippen LogP contribution in [0, 0.1) is 17.1 Å². The fraction of sp³-hybridized carbons (Fsp3) is 0.118. The second-order valence-electron chi connectivity index (χ2n) is 4.43. The molecule has 104 valence electrons. The first-order chi connectivity index (χ1) is 10.2. The summed E-state index contributed by atoms with van der Waals surface area (Å²) in [7, 11) is 0. The minimum absolute atomic E-state index is 0.299. The third kappa shape index (κ3) is 4.08. The Morgan fingerprint density at radius 1 is 1.10 bits per heavy atom. The lowest BCUT2D eigenvalue weighted by molar-refractivity contribution is 0.624. The Morgan fingerprint density at radius 2 is 1.81 bits per heavy atom. The van der Waals surface area contributed by atoms with Gasteiger partial charge in [-0.1, -0.05) is 31.2 Å². The number of hydrogen-bond donors (Lipinski definition) is 0. The third-order valence-corrected chi connectivity index (χ3v) is 2.98. The Morgan fingerprint density at radius 3 is 2.43 bits per heavy atom. The van der Waals surface area contributed by atoms with E-state index in [2.05, 4.69) is 10.2 Å². The standard InChI is InChI=1S/C17H14FN3/c1-2-13-7-8-16(17(18)9-13)12-21-20-11-15-5-3-14(10-19)4-6-15/h3-9,11-12H,2H2,1H3/b20-11+,21-12+. The molecule has 0 radical (unpaired) electrons. The molecule has 0 saturated heterocycles. The molecule has 0 aliphatic carbocycles. The van der Waals surface area contributed by atoms with E-state index in [0.29, 0.717) is 11.1 Å². The summed E-state index contributed by atoms with van der Waals surface area (Å²) >= 11 is 0. The molecule has 0 aromatic heterocycles. The van der Waals surface area contributed by atoms with E-state index in [1.54, 1.807) is 36.5 Å². The van der Waals surface area contributed by atoms with Crippen LogP contribution >= 0.6 is 0 Å². The monoisotopic (exact) mass is 279 g/mol. The minimum atomic E-state index is -0.299. The van der Waals surface area contributed by atoms with E-state index < -0.39 is 0 Å². The third-order valence-electron chi connectivity index (χ3n) is 2.98. The average molecular weight is 279 g/mol. The Kier molecular flexibility index (Phi) is 4.94. The first-order valence-electron chi connectivity index (χ1n) is 6.58. The van der Waals surface area contributed by atoms with Crippen LogP contribution in [0.1, 0.15) is 29.2 Å². The highest BCUT2D eigenvalue weighted by Gasteiger charge is 1.99. The van der Waals surface area contributed by atoms with Crippen molar-refractivity contribution in [1.29, 1.82) is 5.26 Å². The van der Waals surface area contributed by atoms with Crippen LogP contribution in [0.5, 0.6) is 0 Å². The molecule has 0 bridgehead atoms. The highest BCUT2D eigenvalue weighted by molar-refractivity contribution is 5.83. The van der Waals surface area contributed by atoms with Gasteiger partial charge in [0.2, 0.25) is 0 Å². The highest BCUT2D eigenvalue weighted by Crippen LogP contribution is 2.09. The van der Waals surface area contributed by atoms with Crippen molar-refractivity contribution >= 4 is 12.4 Å². The number of aryl methyl sites for hydroxylation is 1. The fourth-order valence-corrected chi connectivity index (χ4v) is 1.73. The van der Waals surface area contributed by atoms with Gasteiger partial charge in [-0.3, -0.25) is 0 Å². The van der Waals surface area contributed by atoms with Crippen LogP contribution < -0.4 is 0 Å². The van der Waals surface area contributed by atoms with Crippen molar-refractivity contribution < 1.29 is 4.39 Å². The summed E-state index contributed by atoms with van der Waals surface area (Å²) in [4.78, 5) is 0. The average Bonchev–Trinajstić information content (AvgIpc) is 2.53. The van der Waals surface area contributed by atoms with Crippen molar-refractivity contribution in [2.75, 3.05) is 0 Å². The van der Waals surface area contributed by atoms with Crippen molar-refractivity contribution in [2.24, 2.45) is 10.2 Å². The Hall–Kier alpha value is -2.80. The second-order valence-corrected chi connectivity index (χ2v) is 4.43.